The zero-order chi connectivity index (χ0) is 14.4. The van der Waals surface area contributed by atoms with E-state index in [4.69, 9.17) is 4.42 Å². The van der Waals surface area contributed by atoms with E-state index < -0.39 is 0 Å². The summed E-state index contributed by atoms with van der Waals surface area (Å²) in [7, 11) is 2.00. The lowest BCUT2D eigenvalue weighted by Gasteiger charge is -2.05. The van der Waals surface area contributed by atoms with Crippen molar-refractivity contribution in [2.75, 3.05) is 0 Å². The molecule has 0 aliphatic carbocycles. The molecule has 3 nitrogen and oxygen atoms in total. The highest BCUT2D eigenvalue weighted by atomic mass is 16.3. The Kier molecular flexibility index (Phi) is 2.54. The number of nitrogens with zero attached hydrogens (tertiary/aromatic N) is 2. The minimum absolute atomic E-state index is 0.843. The lowest BCUT2D eigenvalue weighted by atomic mass is 10.0. The lowest BCUT2D eigenvalue weighted by molar-refractivity contribution is -0.662. The molecule has 2 aromatic heterocycles. The van der Waals surface area contributed by atoms with E-state index in [1.807, 2.05) is 36.1 Å². The van der Waals surface area contributed by atoms with Crippen LogP contribution in [0.3, 0.4) is 0 Å². The van der Waals surface area contributed by atoms with Crippen LogP contribution in [0.5, 0.6) is 0 Å². The SMILES string of the molecule is Cc1ccccc1-c1c2oc3ccccc3c2nc[n+]1C. The molecular formula is C18H15N2O+. The third-order valence-corrected chi connectivity index (χ3v) is 3.90. The molecule has 0 N–H and O–H groups in total. The number of aromatic nitrogens is 2. The van der Waals surface area contributed by atoms with E-state index in [0.717, 1.165) is 27.8 Å². The van der Waals surface area contributed by atoms with E-state index in [1.54, 1.807) is 0 Å². The van der Waals surface area contributed by atoms with Gasteiger partial charge in [0.05, 0.1) is 12.4 Å². The van der Waals surface area contributed by atoms with Crippen molar-refractivity contribution in [1.29, 1.82) is 0 Å². The monoisotopic (exact) mass is 275 g/mol. The van der Waals surface area contributed by atoms with Crippen LogP contribution in [-0.2, 0) is 7.05 Å². The summed E-state index contributed by atoms with van der Waals surface area (Å²) in [6.07, 6.45) is 1.85. The van der Waals surface area contributed by atoms with Gasteiger partial charge in [-0.15, -0.1) is 0 Å². The fourth-order valence-electron chi connectivity index (χ4n) is 2.83. The van der Waals surface area contributed by atoms with Gasteiger partial charge in [-0.25, -0.2) is 4.57 Å². The molecule has 0 saturated carbocycles. The maximum Gasteiger partial charge on any atom is 0.287 e. The summed E-state index contributed by atoms with van der Waals surface area (Å²) < 4.78 is 8.11. The lowest BCUT2D eigenvalue weighted by Crippen LogP contribution is -2.31. The van der Waals surface area contributed by atoms with Crippen LogP contribution in [0.4, 0.5) is 0 Å². The molecule has 0 radical (unpaired) electrons. The van der Waals surface area contributed by atoms with Crippen LogP contribution in [0.1, 0.15) is 5.56 Å². The molecule has 3 heteroatoms. The first-order valence-corrected chi connectivity index (χ1v) is 6.97. The Morgan fingerprint density at radius 1 is 1.00 bits per heavy atom. The molecule has 0 aliphatic rings. The highest BCUT2D eigenvalue weighted by molar-refractivity contribution is 6.05. The molecule has 21 heavy (non-hydrogen) atoms. The van der Waals surface area contributed by atoms with Gasteiger partial charge in [0.25, 0.3) is 6.33 Å². The van der Waals surface area contributed by atoms with Crippen molar-refractivity contribution < 1.29 is 8.98 Å². The van der Waals surface area contributed by atoms with Crippen molar-refractivity contribution in [2.24, 2.45) is 7.05 Å². The first kappa shape index (κ1) is 12.1. The van der Waals surface area contributed by atoms with Gasteiger partial charge in [0, 0.05) is 5.56 Å². The van der Waals surface area contributed by atoms with Crippen molar-refractivity contribution in [3.8, 4) is 11.3 Å². The van der Waals surface area contributed by atoms with Gasteiger partial charge in [0.2, 0.25) is 11.1 Å². The predicted octanol–water partition coefficient (Wildman–Crippen LogP) is 3.78. The number of fused-ring (bicyclic) bond motifs is 3. The van der Waals surface area contributed by atoms with Crippen LogP contribution < -0.4 is 4.57 Å². The Morgan fingerprint density at radius 2 is 1.76 bits per heavy atom. The summed E-state index contributed by atoms with van der Waals surface area (Å²) in [4.78, 5) is 4.55. The summed E-state index contributed by atoms with van der Waals surface area (Å²) in [5.41, 5.74) is 6.10. The van der Waals surface area contributed by atoms with Crippen molar-refractivity contribution in [3.05, 3.63) is 60.4 Å². The van der Waals surface area contributed by atoms with Crippen LogP contribution >= 0.6 is 0 Å². The zero-order valence-corrected chi connectivity index (χ0v) is 12.0. The average molecular weight is 275 g/mol. The number of furan rings is 1. The number of para-hydroxylation sites is 1. The number of hydrogen-bond acceptors (Lipinski definition) is 2. The summed E-state index contributed by atoms with van der Waals surface area (Å²) in [5.74, 6) is 0. The smallest absolute Gasteiger partial charge is 0.287 e. The fraction of sp³-hybridized carbons (Fsp3) is 0.111. The van der Waals surface area contributed by atoms with Crippen LogP contribution in [-0.4, -0.2) is 4.98 Å². The molecule has 0 spiro atoms. The van der Waals surface area contributed by atoms with E-state index in [-0.39, 0.29) is 0 Å². The van der Waals surface area contributed by atoms with Crippen molar-refractivity contribution >= 4 is 22.1 Å². The number of rotatable bonds is 1. The summed E-state index contributed by atoms with van der Waals surface area (Å²) in [6, 6.07) is 16.4. The Morgan fingerprint density at radius 3 is 2.62 bits per heavy atom. The van der Waals surface area contributed by atoms with Gasteiger partial charge in [0.15, 0.2) is 5.69 Å². The molecule has 0 unspecified atom stereocenters. The summed E-state index contributed by atoms with van der Waals surface area (Å²) in [6.45, 7) is 2.12. The average Bonchev–Trinajstić information content (AvgIpc) is 2.87. The highest BCUT2D eigenvalue weighted by Crippen LogP contribution is 2.32. The molecule has 102 valence electrons. The fourth-order valence-corrected chi connectivity index (χ4v) is 2.83. The van der Waals surface area contributed by atoms with Gasteiger partial charge in [-0.1, -0.05) is 36.4 Å². The van der Waals surface area contributed by atoms with Crippen LogP contribution in [0.2, 0.25) is 0 Å². The second-order valence-corrected chi connectivity index (χ2v) is 5.29. The maximum atomic E-state index is 6.09. The van der Waals surface area contributed by atoms with Crippen molar-refractivity contribution in [2.45, 2.75) is 6.92 Å². The number of hydrogen-bond donors (Lipinski definition) is 0. The van der Waals surface area contributed by atoms with Crippen LogP contribution in [0.15, 0.2) is 59.3 Å². The van der Waals surface area contributed by atoms with Gasteiger partial charge in [0.1, 0.15) is 5.58 Å². The Labute approximate surface area is 122 Å². The Hall–Kier alpha value is -2.68. The molecule has 0 fully saturated rings. The third kappa shape index (κ3) is 1.74. The molecule has 0 amide bonds. The maximum absolute atomic E-state index is 6.09. The van der Waals surface area contributed by atoms with Gasteiger partial charge in [-0.2, -0.15) is 0 Å². The van der Waals surface area contributed by atoms with Gasteiger partial charge in [-0.05, 0) is 29.6 Å². The molecular weight excluding hydrogens is 260 g/mol. The molecule has 4 rings (SSSR count). The van der Waals surface area contributed by atoms with Gasteiger partial charge in [-0.3, -0.25) is 0 Å². The second kappa shape index (κ2) is 4.42. The Bertz CT molecular complexity index is 969. The molecule has 0 aliphatic heterocycles. The van der Waals surface area contributed by atoms with Crippen LogP contribution in [0.25, 0.3) is 33.3 Å². The highest BCUT2D eigenvalue weighted by Gasteiger charge is 2.22. The minimum atomic E-state index is 0.843. The number of benzene rings is 2. The van der Waals surface area contributed by atoms with E-state index >= 15 is 0 Å². The Balaban J connectivity index is 2.18. The molecule has 0 atom stereocenters. The van der Waals surface area contributed by atoms with Crippen LogP contribution in [0, 0.1) is 6.92 Å². The first-order chi connectivity index (χ1) is 10.3. The molecule has 0 bridgehead atoms. The van der Waals surface area contributed by atoms with E-state index in [9.17, 15) is 0 Å². The van der Waals surface area contributed by atoms with Crippen molar-refractivity contribution in [3.63, 3.8) is 0 Å². The summed E-state index contributed by atoms with van der Waals surface area (Å²) >= 11 is 0. The summed E-state index contributed by atoms with van der Waals surface area (Å²) in [5, 5.41) is 1.06. The normalized spacial score (nSPS) is 11.3. The molecule has 2 aromatic carbocycles. The largest absolute Gasteiger partial charge is 0.447 e. The first-order valence-electron chi connectivity index (χ1n) is 6.97. The second-order valence-electron chi connectivity index (χ2n) is 5.29. The number of aryl methyl sites for hydroxylation is 2. The van der Waals surface area contributed by atoms with E-state index in [1.165, 1.54) is 11.1 Å². The zero-order valence-electron chi connectivity index (χ0n) is 12.0. The third-order valence-electron chi connectivity index (χ3n) is 3.90. The quantitative estimate of drug-likeness (QED) is 0.495. The van der Waals surface area contributed by atoms with E-state index in [2.05, 4.69) is 42.2 Å². The standard InChI is InChI=1S/C18H15N2O/c1-12-7-3-4-8-13(12)17-18-16(19-11-20(17)2)14-9-5-6-10-15(14)21-18/h3-11H,1-2H3/q+1. The van der Waals surface area contributed by atoms with Gasteiger partial charge >= 0.3 is 0 Å². The predicted molar refractivity (Wildman–Crippen MR) is 82.9 cm³/mol. The van der Waals surface area contributed by atoms with Gasteiger partial charge < -0.3 is 4.42 Å². The minimum Gasteiger partial charge on any atom is -0.447 e. The topological polar surface area (TPSA) is 29.9 Å². The molecule has 0 saturated heterocycles. The van der Waals surface area contributed by atoms with Crippen molar-refractivity contribution in [1.82, 2.24) is 4.98 Å². The molecule has 4 aromatic rings. The molecule has 2 heterocycles. The van der Waals surface area contributed by atoms with E-state index in [0.29, 0.717) is 0 Å².